The van der Waals surface area contributed by atoms with Crippen molar-refractivity contribution in [2.45, 2.75) is 18.5 Å². The summed E-state index contributed by atoms with van der Waals surface area (Å²) in [5.74, 6) is 0. The van der Waals surface area contributed by atoms with Gasteiger partial charge in [-0.05, 0) is 0 Å². The third kappa shape index (κ3) is 4.24. The number of hydrogen-bond donors (Lipinski definition) is 0. The molecule has 0 saturated carbocycles. The Morgan fingerprint density at radius 1 is 0.526 bits per heavy atom. The molecule has 0 aliphatic heterocycles. The van der Waals surface area contributed by atoms with E-state index in [0.29, 0.717) is 0 Å². The van der Waals surface area contributed by atoms with E-state index in [2.05, 4.69) is 0 Å². The Kier molecular flexibility index (Phi) is 4.45. The van der Waals surface area contributed by atoms with E-state index >= 15 is 0 Å². The molecular weight excluding hydrogens is 302 g/mol. The standard InChI is InChI=1S/C6HBF9O3/c8-4(9,10)1(17)7(2(18)5(11,12)13)3(19)6(14,15)16/h7H/q-1. The van der Waals surface area contributed by atoms with Crippen LogP contribution in [0.2, 0.25) is 0 Å². The molecule has 0 heterocycles. The smallest absolute Gasteiger partial charge is 0.336 e. The summed E-state index contributed by atoms with van der Waals surface area (Å²) < 4.78 is 106. The van der Waals surface area contributed by atoms with Crippen molar-refractivity contribution in [3.63, 3.8) is 0 Å². The lowest BCUT2D eigenvalue weighted by molar-refractivity contribution is -0.173. The van der Waals surface area contributed by atoms with Crippen LogP contribution in [0.5, 0.6) is 0 Å². The summed E-state index contributed by atoms with van der Waals surface area (Å²) in [5, 5.41) is 0. The van der Waals surface area contributed by atoms with Gasteiger partial charge in [0.05, 0.1) is 17.0 Å². The Morgan fingerprint density at radius 3 is 0.789 bits per heavy atom. The normalized spacial score (nSPS) is 13.6. The van der Waals surface area contributed by atoms with Gasteiger partial charge in [-0.1, -0.05) is 0 Å². The zero-order chi connectivity index (χ0) is 15.8. The average Bonchev–Trinajstić information content (AvgIpc) is 2.13. The predicted octanol–water partition coefficient (Wildman–Crippen LogP) is 1.23. The highest BCUT2D eigenvalue weighted by atomic mass is 19.4. The van der Waals surface area contributed by atoms with E-state index in [9.17, 15) is 53.9 Å². The van der Waals surface area contributed by atoms with Crippen LogP contribution in [0.25, 0.3) is 0 Å². The Bertz CT molecular complexity index is 342. The van der Waals surface area contributed by atoms with Gasteiger partial charge in [-0.3, -0.25) is 0 Å². The summed E-state index contributed by atoms with van der Waals surface area (Å²) >= 11 is 0. The van der Waals surface area contributed by atoms with Crippen LogP contribution in [0, 0.1) is 0 Å². The number of alkyl halides is 9. The second-order valence-electron chi connectivity index (χ2n) is 3.29. The monoisotopic (exact) mass is 303 g/mol. The molecule has 0 fully saturated rings. The summed E-state index contributed by atoms with van der Waals surface area (Å²) in [6.45, 7) is -5.52. The summed E-state index contributed by atoms with van der Waals surface area (Å²) in [5.41, 5.74) is -10.9. The van der Waals surface area contributed by atoms with Gasteiger partial charge < -0.3 is 14.4 Å². The number of carbonyl (C=O) groups is 3. The van der Waals surface area contributed by atoms with E-state index in [4.69, 9.17) is 0 Å². The van der Waals surface area contributed by atoms with E-state index < -0.39 is 42.3 Å². The van der Waals surface area contributed by atoms with Gasteiger partial charge in [-0.2, -0.15) is 39.5 Å². The molecule has 0 amide bonds. The van der Waals surface area contributed by atoms with Crippen molar-refractivity contribution in [2.75, 3.05) is 0 Å². The molecule has 0 bridgehead atoms. The fraction of sp³-hybridized carbons (Fsp3) is 0.500. The molecule has 0 N–H and O–H groups in total. The number of hydrogen-bond acceptors (Lipinski definition) is 3. The second-order valence-corrected chi connectivity index (χ2v) is 3.29. The Hall–Kier alpha value is -1.56. The molecule has 0 aromatic rings. The zero-order valence-electron chi connectivity index (χ0n) is 8.33. The van der Waals surface area contributed by atoms with Crippen LogP contribution in [0.4, 0.5) is 39.5 Å². The Morgan fingerprint density at radius 2 is 0.684 bits per heavy atom. The molecule has 0 radical (unpaired) electrons. The van der Waals surface area contributed by atoms with Crippen LogP contribution in [-0.2, 0) is 14.4 Å². The van der Waals surface area contributed by atoms with Crippen molar-refractivity contribution < 1.29 is 53.9 Å². The maximum Gasteiger partial charge on any atom is 0.412 e. The molecule has 0 atom stereocenters. The molecule has 0 aromatic heterocycles. The van der Waals surface area contributed by atoms with E-state index in [-0.39, 0.29) is 0 Å². The maximum atomic E-state index is 11.8. The van der Waals surface area contributed by atoms with Gasteiger partial charge in [-0.25, -0.2) is 0 Å². The SMILES string of the molecule is O=C([BH-](C(=O)C(F)(F)F)C(=O)C(F)(F)F)C(F)(F)F. The van der Waals surface area contributed by atoms with Crippen molar-refractivity contribution in [1.29, 1.82) is 0 Å². The number of halogens is 9. The number of rotatable bonds is 3. The largest absolute Gasteiger partial charge is 0.412 e. The molecule has 0 saturated heterocycles. The summed E-state index contributed by atoms with van der Waals surface area (Å²) in [7, 11) is 0. The third-order valence-electron chi connectivity index (χ3n) is 1.91. The van der Waals surface area contributed by atoms with E-state index in [1.807, 2.05) is 0 Å². The second kappa shape index (κ2) is 4.85. The van der Waals surface area contributed by atoms with Crippen molar-refractivity contribution in [1.82, 2.24) is 0 Å². The minimum Gasteiger partial charge on any atom is -0.336 e. The van der Waals surface area contributed by atoms with Crippen molar-refractivity contribution in [3.8, 4) is 0 Å². The Labute approximate surface area is 97.4 Å². The first-order chi connectivity index (χ1) is 8.10. The van der Waals surface area contributed by atoms with Gasteiger partial charge >= 0.3 is 18.5 Å². The van der Waals surface area contributed by atoms with Gasteiger partial charge in [0.2, 0.25) is 6.71 Å². The van der Waals surface area contributed by atoms with E-state index in [0.717, 1.165) is 0 Å². The molecule has 0 spiro atoms. The molecule has 0 aliphatic carbocycles. The van der Waals surface area contributed by atoms with Gasteiger partial charge in [0.1, 0.15) is 0 Å². The lowest BCUT2D eigenvalue weighted by Crippen LogP contribution is -2.58. The highest BCUT2D eigenvalue weighted by molar-refractivity contribution is 7.29. The summed E-state index contributed by atoms with van der Waals surface area (Å²) in [6.07, 6.45) is -18.5. The maximum absolute atomic E-state index is 11.8. The summed E-state index contributed by atoms with van der Waals surface area (Å²) in [6, 6.07) is 0. The first kappa shape index (κ1) is 17.4. The van der Waals surface area contributed by atoms with Crippen molar-refractivity contribution in [3.05, 3.63) is 0 Å². The average molecular weight is 303 g/mol. The first-order valence-corrected chi connectivity index (χ1v) is 4.12. The predicted molar refractivity (Wildman–Crippen MR) is 40.3 cm³/mol. The fourth-order valence-corrected chi connectivity index (χ4v) is 1.04. The highest BCUT2D eigenvalue weighted by Crippen LogP contribution is 2.27. The third-order valence-corrected chi connectivity index (χ3v) is 1.91. The van der Waals surface area contributed by atoms with Crippen LogP contribution >= 0.6 is 0 Å². The summed E-state index contributed by atoms with van der Waals surface area (Å²) in [4.78, 5) is 31.2. The topological polar surface area (TPSA) is 51.2 Å². The first-order valence-electron chi connectivity index (χ1n) is 4.12. The number of carbonyl (C=O) groups excluding carboxylic acids is 3. The molecule has 19 heavy (non-hydrogen) atoms. The fourth-order valence-electron chi connectivity index (χ4n) is 1.04. The molecular formula is C6HBF9O3-. The Balaban J connectivity index is 5.74. The molecule has 0 rings (SSSR count). The quantitative estimate of drug-likeness (QED) is 0.582. The van der Waals surface area contributed by atoms with Crippen LogP contribution in [-0.4, -0.2) is 42.3 Å². The highest BCUT2D eigenvalue weighted by Gasteiger charge is 2.55. The van der Waals surface area contributed by atoms with Gasteiger partial charge in [0.15, 0.2) is 0 Å². The minimum absolute atomic E-state index is 3.64. The van der Waals surface area contributed by atoms with E-state index in [1.54, 1.807) is 0 Å². The molecule has 13 heteroatoms. The lowest BCUT2D eigenvalue weighted by atomic mass is 9.39. The van der Waals surface area contributed by atoms with Crippen LogP contribution in [0.3, 0.4) is 0 Å². The molecule has 110 valence electrons. The van der Waals surface area contributed by atoms with Crippen LogP contribution in [0.1, 0.15) is 0 Å². The molecule has 0 aliphatic rings. The van der Waals surface area contributed by atoms with Crippen LogP contribution < -0.4 is 0 Å². The van der Waals surface area contributed by atoms with Crippen LogP contribution in [0.15, 0.2) is 0 Å². The molecule has 3 nitrogen and oxygen atoms in total. The zero-order valence-corrected chi connectivity index (χ0v) is 8.33. The van der Waals surface area contributed by atoms with Crippen molar-refractivity contribution >= 4 is 23.8 Å². The van der Waals surface area contributed by atoms with E-state index in [1.165, 1.54) is 0 Å². The molecule has 0 aromatic carbocycles. The molecule has 0 unspecified atom stereocenters. The minimum atomic E-state index is -6.16. The lowest BCUT2D eigenvalue weighted by Gasteiger charge is -2.23. The van der Waals surface area contributed by atoms with Gasteiger partial charge in [0.25, 0.3) is 0 Å². The van der Waals surface area contributed by atoms with Gasteiger partial charge in [0, 0.05) is 0 Å². The van der Waals surface area contributed by atoms with Crippen molar-refractivity contribution in [2.24, 2.45) is 0 Å². The van der Waals surface area contributed by atoms with Gasteiger partial charge in [-0.15, -0.1) is 0 Å².